The molecule has 2 aromatic heterocycles. The van der Waals surface area contributed by atoms with Crippen molar-refractivity contribution in [1.82, 2.24) is 24.9 Å². The highest BCUT2D eigenvalue weighted by atomic mass is 16.2. The minimum Gasteiger partial charge on any atom is -0.353 e. The lowest BCUT2D eigenvalue weighted by Gasteiger charge is -2.22. The van der Waals surface area contributed by atoms with Crippen LogP contribution in [-0.4, -0.2) is 57.0 Å². The summed E-state index contributed by atoms with van der Waals surface area (Å²) in [5.41, 5.74) is 2.58. The number of amides is 1. The summed E-state index contributed by atoms with van der Waals surface area (Å²) in [4.78, 5) is 17.2. The molecule has 1 fully saturated rings. The van der Waals surface area contributed by atoms with E-state index in [1.54, 1.807) is 0 Å². The van der Waals surface area contributed by atoms with E-state index in [4.69, 9.17) is 0 Å². The van der Waals surface area contributed by atoms with Crippen LogP contribution in [-0.2, 0) is 6.54 Å². The van der Waals surface area contributed by atoms with Crippen molar-refractivity contribution in [3.8, 4) is 0 Å². The van der Waals surface area contributed by atoms with Crippen LogP contribution in [0.3, 0.4) is 0 Å². The fourth-order valence-corrected chi connectivity index (χ4v) is 3.20. The Morgan fingerprint density at radius 3 is 2.62 bits per heavy atom. The van der Waals surface area contributed by atoms with E-state index in [9.17, 15) is 4.79 Å². The van der Waals surface area contributed by atoms with E-state index in [0.29, 0.717) is 24.7 Å². The largest absolute Gasteiger partial charge is 0.353 e. The summed E-state index contributed by atoms with van der Waals surface area (Å²) < 4.78 is 1.83. The van der Waals surface area contributed by atoms with Crippen molar-refractivity contribution in [2.24, 2.45) is 0 Å². The van der Waals surface area contributed by atoms with E-state index in [-0.39, 0.29) is 5.91 Å². The Bertz CT molecular complexity index is 752. The lowest BCUT2D eigenvalue weighted by atomic mass is 10.1. The maximum Gasteiger partial charge on any atom is 0.272 e. The lowest BCUT2D eigenvalue weighted by Crippen LogP contribution is -2.36. The first-order valence-electron chi connectivity index (χ1n) is 9.42. The predicted octanol–water partition coefficient (Wildman–Crippen LogP) is 2.48. The van der Waals surface area contributed by atoms with Crippen LogP contribution in [0.25, 0.3) is 0 Å². The van der Waals surface area contributed by atoms with Crippen LogP contribution in [0.4, 0.5) is 5.82 Å². The highest BCUT2D eigenvalue weighted by Gasteiger charge is 2.24. The van der Waals surface area contributed by atoms with Crippen molar-refractivity contribution in [2.75, 3.05) is 31.1 Å². The molecular formula is C19H28N6O. The van der Waals surface area contributed by atoms with E-state index in [0.717, 1.165) is 43.3 Å². The molecule has 0 radical (unpaired) electrons. The monoisotopic (exact) mass is 356 g/mol. The Morgan fingerprint density at radius 1 is 1.15 bits per heavy atom. The summed E-state index contributed by atoms with van der Waals surface area (Å²) in [5.74, 6) is 1.27. The van der Waals surface area contributed by atoms with Crippen molar-refractivity contribution in [1.29, 1.82) is 0 Å². The van der Waals surface area contributed by atoms with Crippen molar-refractivity contribution in [3.63, 3.8) is 0 Å². The van der Waals surface area contributed by atoms with Crippen molar-refractivity contribution in [2.45, 2.75) is 46.6 Å². The number of aromatic nitrogens is 4. The van der Waals surface area contributed by atoms with Crippen molar-refractivity contribution >= 4 is 11.7 Å². The third-order valence-corrected chi connectivity index (χ3v) is 4.80. The average molecular weight is 356 g/mol. The van der Waals surface area contributed by atoms with Gasteiger partial charge in [0.2, 0.25) is 0 Å². The Morgan fingerprint density at radius 2 is 1.96 bits per heavy atom. The number of aryl methyl sites for hydroxylation is 2. The molecule has 7 heteroatoms. The van der Waals surface area contributed by atoms with Gasteiger partial charge in [0.15, 0.2) is 5.82 Å². The topological polar surface area (TPSA) is 67.2 Å². The number of hydrogen-bond donors (Lipinski definition) is 0. The Balaban J connectivity index is 1.72. The van der Waals surface area contributed by atoms with E-state index in [1.807, 2.05) is 41.6 Å². The van der Waals surface area contributed by atoms with Gasteiger partial charge < -0.3 is 9.80 Å². The van der Waals surface area contributed by atoms with Crippen LogP contribution in [0, 0.1) is 6.92 Å². The van der Waals surface area contributed by atoms with Gasteiger partial charge in [-0.3, -0.25) is 9.48 Å². The molecule has 0 spiro atoms. The second kappa shape index (κ2) is 7.85. The second-order valence-corrected chi connectivity index (χ2v) is 7.09. The van der Waals surface area contributed by atoms with Crippen LogP contribution in [0.15, 0.2) is 18.2 Å². The summed E-state index contributed by atoms with van der Waals surface area (Å²) in [6, 6.07) is 5.93. The molecule has 0 bridgehead atoms. The highest BCUT2D eigenvalue weighted by Crippen LogP contribution is 2.18. The van der Waals surface area contributed by atoms with Gasteiger partial charge in [0.05, 0.1) is 11.4 Å². The Hall–Kier alpha value is -2.44. The zero-order valence-corrected chi connectivity index (χ0v) is 16.1. The smallest absolute Gasteiger partial charge is 0.272 e. The lowest BCUT2D eigenvalue weighted by molar-refractivity contribution is 0.0754. The molecular weight excluding hydrogens is 328 g/mol. The van der Waals surface area contributed by atoms with Gasteiger partial charge in [-0.05, 0) is 44.4 Å². The molecule has 1 saturated heterocycles. The fraction of sp³-hybridized carbons (Fsp3) is 0.579. The van der Waals surface area contributed by atoms with E-state index in [1.165, 1.54) is 0 Å². The standard InChI is InChI=1S/C19H28N6O/c1-5-25-17(13-16(22-25)14(2)3)19(26)24-10-6-9-23(11-12-24)18-8-7-15(4)20-21-18/h7-8,13-14H,5-6,9-12H2,1-4H3. The Kier molecular flexibility index (Phi) is 5.54. The molecule has 0 aliphatic carbocycles. The summed E-state index contributed by atoms with van der Waals surface area (Å²) in [5, 5.41) is 13.0. The quantitative estimate of drug-likeness (QED) is 0.842. The second-order valence-electron chi connectivity index (χ2n) is 7.09. The maximum atomic E-state index is 13.1. The number of rotatable bonds is 4. The molecule has 1 aliphatic rings. The van der Waals surface area contributed by atoms with Gasteiger partial charge >= 0.3 is 0 Å². The molecule has 0 N–H and O–H groups in total. The molecule has 0 aromatic carbocycles. The minimum absolute atomic E-state index is 0.0723. The van der Waals surface area contributed by atoms with Gasteiger partial charge in [-0.15, -0.1) is 5.10 Å². The predicted molar refractivity (Wildman–Crippen MR) is 101 cm³/mol. The van der Waals surface area contributed by atoms with Crippen molar-refractivity contribution in [3.05, 3.63) is 35.3 Å². The molecule has 0 unspecified atom stereocenters. The van der Waals surface area contributed by atoms with Crippen LogP contribution in [0.5, 0.6) is 0 Å². The third-order valence-electron chi connectivity index (χ3n) is 4.80. The minimum atomic E-state index is 0.0723. The van der Waals surface area contributed by atoms with Gasteiger partial charge in [0.1, 0.15) is 5.69 Å². The van der Waals surface area contributed by atoms with Crippen LogP contribution >= 0.6 is 0 Å². The molecule has 26 heavy (non-hydrogen) atoms. The maximum absolute atomic E-state index is 13.1. The SMILES string of the molecule is CCn1nc(C(C)C)cc1C(=O)N1CCCN(c2ccc(C)nn2)CC1. The number of carbonyl (C=O) groups excluding carboxylic acids is 1. The molecule has 3 rings (SSSR count). The first kappa shape index (κ1) is 18.4. The molecule has 1 aliphatic heterocycles. The third kappa shape index (κ3) is 3.86. The first-order chi connectivity index (χ1) is 12.5. The molecule has 7 nitrogen and oxygen atoms in total. The fourth-order valence-electron chi connectivity index (χ4n) is 3.20. The van der Waals surface area contributed by atoms with Crippen LogP contribution in [0.1, 0.15) is 55.0 Å². The molecule has 0 saturated carbocycles. The zero-order chi connectivity index (χ0) is 18.7. The van der Waals surface area contributed by atoms with E-state index < -0.39 is 0 Å². The first-order valence-corrected chi connectivity index (χ1v) is 9.42. The van der Waals surface area contributed by atoms with Crippen LogP contribution in [0.2, 0.25) is 0 Å². The van der Waals surface area contributed by atoms with Gasteiger partial charge in [-0.25, -0.2) is 0 Å². The molecule has 140 valence electrons. The highest BCUT2D eigenvalue weighted by molar-refractivity contribution is 5.92. The summed E-state index contributed by atoms with van der Waals surface area (Å²) >= 11 is 0. The van der Waals surface area contributed by atoms with E-state index >= 15 is 0 Å². The van der Waals surface area contributed by atoms with E-state index in [2.05, 4.69) is 34.0 Å². The van der Waals surface area contributed by atoms with Gasteiger partial charge in [-0.2, -0.15) is 10.2 Å². The average Bonchev–Trinajstić information content (AvgIpc) is 2.93. The molecule has 1 amide bonds. The summed E-state index contributed by atoms with van der Waals surface area (Å²) in [6.07, 6.45) is 0.915. The molecule has 2 aromatic rings. The number of nitrogens with zero attached hydrogens (tertiary/aromatic N) is 6. The zero-order valence-electron chi connectivity index (χ0n) is 16.1. The van der Waals surface area contributed by atoms with Gasteiger partial charge in [-0.1, -0.05) is 13.8 Å². The van der Waals surface area contributed by atoms with Gasteiger partial charge in [0.25, 0.3) is 5.91 Å². The van der Waals surface area contributed by atoms with Crippen LogP contribution < -0.4 is 4.90 Å². The number of carbonyl (C=O) groups is 1. The number of anilines is 1. The van der Waals surface area contributed by atoms with Gasteiger partial charge in [0, 0.05) is 32.7 Å². The molecule has 0 atom stereocenters. The normalized spacial score (nSPS) is 15.4. The summed E-state index contributed by atoms with van der Waals surface area (Å²) in [7, 11) is 0. The van der Waals surface area contributed by atoms with Crippen molar-refractivity contribution < 1.29 is 4.79 Å². The molecule has 3 heterocycles. The number of hydrogen-bond acceptors (Lipinski definition) is 5. The summed E-state index contributed by atoms with van der Waals surface area (Å²) in [6.45, 7) is 11.9. The Labute approximate surface area is 155 Å².